The van der Waals surface area contributed by atoms with E-state index < -0.39 is 0 Å². The summed E-state index contributed by atoms with van der Waals surface area (Å²) >= 11 is 0. The Labute approximate surface area is 171 Å². The summed E-state index contributed by atoms with van der Waals surface area (Å²) in [6.07, 6.45) is 0.782. The van der Waals surface area contributed by atoms with E-state index in [1.54, 1.807) is 7.11 Å². The number of nitrogens with zero attached hydrogens (tertiary/aromatic N) is 1. The van der Waals surface area contributed by atoms with Crippen LogP contribution < -0.4 is 10.2 Å². The molecule has 0 heterocycles. The summed E-state index contributed by atoms with van der Waals surface area (Å²) in [6.45, 7) is 1.89. The number of ether oxygens (including phenoxy) is 1. The molecule has 0 aliphatic heterocycles. The average Bonchev–Trinajstić information content (AvgIpc) is 3.56. The molecule has 0 unspecified atom stereocenters. The van der Waals surface area contributed by atoms with E-state index >= 15 is 0 Å². The molecule has 0 radical (unpaired) electrons. The monoisotopic (exact) mass is 384 g/mol. The molecule has 0 spiro atoms. The van der Waals surface area contributed by atoms with Crippen molar-refractivity contribution in [2.75, 3.05) is 7.11 Å². The zero-order valence-corrected chi connectivity index (χ0v) is 16.6. The molecule has 1 aliphatic carbocycles. The minimum atomic E-state index is -0.282. The minimum Gasteiger partial charge on any atom is -0.497 e. The Kier molecular flexibility index (Phi) is 5.17. The van der Waals surface area contributed by atoms with Crippen LogP contribution in [0.4, 0.5) is 0 Å². The highest BCUT2D eigenvalue weighted by Crippen LogP contribution is 2.58. The maximum atomic E-state index is 13.0. The maximum Gasteiger partial charge on any atom is 0.244 e. The van der Waals surface area contributed by atoms with E-state index in [4.69, 9.17) is 4.74 Å². The van der Waals surface area contributed by atoms with Crippen molar-refractivity contribution in [3.63, 3.8) is 0 Å². The molecule has 146 valence electrons. The van der Waals surface area contributed by atoms with Gasteiger partial charge in [-0.3, -0.25) is 4.79 Å². The lowest BCUT2D eigenvalue weighted by Crippen LogP contribution is -2.26. The van der Waals surface area contributed by atoms with Crippen LogP contribution >= 0.6 is 0 Å². The number of hydrogen-bond acceptors (Lipinski definition) is 3. The van der Waals surface area contributed by atoms with E-state index in [2.05, 4.69) is 34.8 Å². The third-order valence-electron chi connectivity index (χ3n) is 5.70. The Morgan fingerprint density at radius 2 is 1.48 bits per heavy atom. The van der Waals surface area contributed by atoms with Crippen molar-refractivity contribution < 1.29 is 9.53 Å². The van der Waals surface area contributed by atoms with E-state index in [0.717, 1.165) is 23.4 Å². The van der Waals surface area contributed by atoms with Gasteiger partial charge in [0.1, 0.15) is 5.75 Å². The molecule has 1 aliphatic rings. The standard InChI is InChI=1S/C25H24N2O2/c1-18(19-13-15-22(29-2)16-14-19)26-27-24(28)23-17-25(23,20-9-5-3-6-10-20)21-11-7-4-8-12-21/h3-16,23H,17H2,1-2H3,(H,27,28)/b26-18-/t23-/m0/s1. The van der Waals surface area contributed by atoms with Crippen molar-refractivity contribution >= 4 is 11.6 Å². The highest BCUT2D eigenvalue weighted by Gasteiger charge is 2.60. The summed E-state index contributed by atoms with van der Waals surface area (Å²) < 4.78 is 5.18. The first-order valence-corrected chi connectivity index (χ1v) is 9.75. The zero-order chi connectivity index (χ0) is 20.3. The van der Waals surface area contributed by atoms with Gasteiger partial charge in [0.25, 0.3) is 0 Å². The van der Waals surface area contributed by atoms with Crippen LogP contribution in [0.2, 0.25) is 0 Å². The largest absolute Gasteiger partial charge is 0.497 e. The molecular formula is C25H24N2O2. The number of carbonyl (C=O) groups excluding carboxylic acids is 1. The average molecular weight is 384 g/mol. The Hall–Kier alpha value is -3.40. The quantitative estimate of drug-likeness (QED) is 0.501. The van der Waals surface area contributed by atoms with Gasteiger partial charge in [-0.2, -0.15) is 5.10 Å². The molecule has 1 atom stereocenters. The number of nitrogens with one attached hydrogen (secondary N) is 1. The number of hydrazone groups is 1. The van der Waals surface area contributed by atoms with E-state index in [9.17, 15) is 4.79 Å². The lowest BCUT2D eigenvalue weighted by atomic mass is 9.85. The number of methoxy groups -OCH3 is 1. The molecule has 4 rings (SSSR count). The number of hydrogen-bond donors (Lipinski definition) is 1. The SMILES string of the molecule is COc1ccc(/C(C)=N\NC(=O)[C@@H]2CC2(c2ccccc2)c2ccccc2)cc1. The summed E-state index contributed by atoms with van der Waals surface area (Å²) in [7, 11) is 1.64. The van der Waals surface area contributed by atoms with Gasteiger partial charge in [0.2, 0.25) is 5.91 Å². The first-order valence-electron chi connectivity index (χ1n) is 9.75. The third kappa shape index (κ3) is 3.66. The molecule has 4 heteroatoms. The normalized spacial score (nSPS) is 17.4. The second kappa shape index (κ2) is 7.92. The number of amides is 1. The molecular weight excluding hydrogens is 360 g/mol. The lowest BCUT2D eigenvalue weighted by Gasteiger charge is -2.18. The van der Waals surface area contributed by atoms with Gasteiger partial charge in [-0.05, 0) is 54.3 Å². The molecule has 1 fully saturated rings. The Balaban J connectivity index is 1.54. The molecule has 0 aromatic heterocycles. The van der Waals surface area contributed by atoms with Gasteiger partial charge in [-0.1, -0.05) is 60.7 Å². The molecule has 3 aromatic carbocycles. The highest BCUT2D eigenvalue weighted by atomic mass is 16.5. The van der Waals surface area contributed by atoms with Gasteiger partial charge in [-0.25, -0.2) is 5.43 Å². The van der Waals surface area contributed by atoms with Crippen LogP contribution in [0.3, 0.4) is 0 Å². The molecule has 1 N–H and O–H groups in total. The highest BCUT2D eigenvalue weighted by molar-refractivity contribution is 5.99. The van der Waals surface area contributed by atoms with Gasteiger partial charge in [0.15, 0.2) is 0 Å². The molecule has 3 aromatic rings. The maximum absolute atomic E-state index is 13.0. The Morgan fingerprint density at radius 1 is 0.931 bits per heavy atom. The van der Waals surface area contributed by atoms with Crippen molar-refractivity contribution in [2.24, 2.45) is 11.0 Å². The van der Waals surface area contributed by atoms with Gasteiger partial charge < -0.3 is 4.74 Å². The van der Waals surface area contributed by atoms with Crippen molar-refractivity contribution in [3.05, 3.63) is 102 Å². The van der Waals surface area contributed by atoms with Crippen LogP contribution in [0.5, 0.6) is 5.75 Å². The third-order valence-corrected chi connectivity index (χ3v) is 5.70. The van der Waals surface area contributed by atoms with E-state index in [0.29, 0.717) is 0 Å². The Morgan fingerprint density at radius 3 is 2.00 bits per heavy atom. The van der Waals surface area contributed by atoms with Crippen LogP contribution in [0.1, 0.15) is 30.0 Å². The van der Waals surface area contributed by atoms with Crippen molar-refractivity contribution in [3.8, 4) is 5.75 Å². The molecule has 0 saturated heterocycles. The summed E-state index contributed by atoms with van der Waals surface area (Å²) in [4.78, 5) is 13.0. The second-order valence-electron chi connectivity index (χ2n) is 7.36. The molecule has 4 nitrogen and oxygen atoms in total. The van der Waals surface area contributed by atoms with Crippen LogP contribution in [0, 0.1) is 5.92 Å². The Bertz CT molecular complexity index is 972. The minimum absolute atomic E-state index is 0.0504. The fourth-order valence-corrected chi connectivity index (χ4v) is 3.97. The predicted molar refractivity (Wildman–Crippen MR) is 115 cm³/mol. The van der Waals surface area contributed by atoms with E-state index in [1.165, 1.54) is 11.1 Å². The molecule has 1 amide bonds. The number of rotatable bonds is 6. The molecule has 0 bridgehead atoms. The smallest absolute Gasteiger partial charge is 0.244 e. The van der Waals surface area contributed by atoms with E-state index in [1.807, 2.05) is 67.6 Å². The van der Waals surface area contributed by atoms with Crippen LogP contribution in [-0.2, 0) is 10.2 Å². The molecule has 29 heavy (non-hydrogen) atoms. The summed E-state index contributed by atoms with van der Waals surface area (Å²) in [6, 6.07) is 28.1. The van der Waals surface area contributed by atoms with Crippen LogP contribution in [0.15, 0.2) is 90.0 Å². The fraction of sp³-hybridized carbons (Fsp3) is 0.200. The predicted octanol–water partition coefficient (Wildman–Crippen LogP) is 4.54. The van der Waals surface area contributed by atoms with Gasteiger partial charge >= 0.3 is 0 Å². The lowest BCUT2D eigenvalue weighted by molar-refractivity contribution is -0.122. The van der Waals surface area contributed by atoms with Crippen molar-refractivity contribution in [1.82, 2.24) is 5.43 Å². The van der Waals surface area contributed by atoms with E-state index in [-0.39, 0.29) is 17.2 Å². The van der Waals surface area contributed by atoms with Gasteiger partial charge in [0.05, 0.1) is 18.7 Å². The zero-order valence-electron chi connectivity index (χ0n) is 16.6. The summed E-state index contributed by atoms with van der Waals surface area (Å²) in [5.74, 6) is 0.601. The first-order chi connectivity index (χ1) is 14.1. The molecule has 1 saturated carbocycles. The van der Waals surface area contributed by atoms with Crippen molar-refractivity contribution in [2.45, 2.75) is 18.8 Å². The number of benzene rings is 3. The van der Waals surface area contributed by atoms with Crippen molar-refractivity contribution in [1.29, 1.82) is 0 Å². The number of carbonyl (C=O) groups is 1. The topological polar surface area (TPSA) is 50.7 Å². The van der Waals surface area contributed by atoms with Crippen LogP contribution in [0.25, 0.3) is 0 Å². The second-order valence-corrected chi connectivity index (χ2v) is 7.36. The first kappa shape index (κ1) is 18.9. The fourth-order valence-electron chi connectivity index (χ4n) is 3.97. The van der Waals surface area contributed by atoms with Gasteiger partial charge in [0, 0.05) is 5.41 Å². The van der Waals surface area contributed by atoms with Crippen LogP contribution in [-0.4, -0.2) is 18.7 Å². The summed E-state index contributed by atoms with van der Waals surface area (Å²) in [5, 5.41) is 4.34. The summed E-state index contributed by atoms with van der Waals surface area (Å²) in [5.41, 5.74) is 6.54. The van der Waals surface area contributed by atoms with Gasteiger partial charge in [-0.15, -0.1) is 0 Å².